The van der Waals surface area contributed by atoms with Crippen LogP contribution >= 0.6 is 0 Å². The summed E-state index contributed by atoms with van der Waals surface area (Å²) in [4.78, 5) is 12.0. The molecule has 0 spiro atoms. The third-order valence-electron chi connectivity index (χ3n) is 3.78. The number of anilines is 1. The number of ether oxygens (including phenoxy) is 2. The molecule has 140 valence electrons. The van der Waals surface area contributed by atoms with Gasteiger partial charge in [-0.15, -0.1) is 10.2 Å². The van der Waals surface area contributed by atoms with E-state index in [-0.39, 0.29) is 12.5 Å². The first-order valence-corrected chi connectivity index (χ1v) is 8.67. The fraction of sp³-hybridized carbons (Fsp3) is 0.250. The van der Waals surface area contributed by atoms with Crippen LogP contribution in [0.2, 0.25) is 0 Å². The van der Waals surface area contributed by atoms with Crippen molar-refractivity contribution in [1.82, 2.24) is 10.2 Å². The van der Waals surface area contributed by atoms with E-state index in [1.165, 1.54) is 0 Å². The third kappa shape index (κ3) is 5.07. The van der Waals surface area contributed by atoms with Gasteiger partial charge < -0.3 is 19.2 Å². The summed E-state index contributed by atoms with van der Waals surface area (Å²) in [5.41, 5.74) is 1.49. The van der Waals surface area contributed by atoms with Crippen molar-refractivity contribution in [3.05, 3.63) is 54.4 Å². The van der Waals surface area contributed by atoms with Gasteiger partial charge in [-0.2, -0.15) is 0 Å². The minimum atomic E-state index is -0.245. The topological polar surface area (TPSA) is 86.5 Å². The van der Waals surface area contributed by atoms with E-state index >= 15 is 0 Å². The standard InChI is InChI=1S/C20H21N3O4/c1-3-4-19-22-23-20(27-19)14-5-9-17(10-6-14)26-13-18(24)21-15-7-11-16(25-2)12-8-15/h5-12H,3-4,13H2,1-2H3,(H,21,24). The van der Waals surface area contributed by atoms with Gasteiger partial charge in [0.05, 0.1) is 7.11 Å². The Bertz CT molecular complexity index is 873. The number of methoxy groups -OCH3 is 1. The molecule has 3 aromatic rings. The normalized spacial score (nSPS) is 10.4. The van der Waals surface area contributed by atoms with E-state index in [0.717, 1.165) is 24.2 Å². The number of nitrogens with one attached hydrogen (secondary N) is 1. The second kappa shape index (κ2) is 8.84. The summed E-state index contributed by atoms with van der Waals surface area (Å²) in [6.45, 7) is 1.97. The van der Waals surface area contributed by atoms with Crippen molar-refractivity contribution in [2.45, 2.75) is 19.8 Å². The Balaban J connectivity index is 1.52. The highest BCUT2D eigenvalue weighted by molar-refractivity contribution is 5.91. The molecule has 0 aliphatic rings. The second-order valence-corrected chi connectivity index (χ2v) is 5.84. The molecule has 1 heterocycles. The van der Waals surface area contributed by atoms with Crippen LogP contribution in [-0.2, 0) is 11.2 Å². The van der Waals surface area contributed by atoms with E-state index in [0.29, 0.717) is 23.2 Å². The molecule has 0 aliphatic carbocycles. The highest BCUT2D eigenvalue weighted by Gasteiger charge is 2.09. The number of hydrogen-bond donors (Lipinski definition) is 1. The number of aryl methyl sites for hydroxylation is 1. The molecule has 0 aliphatic heterocycles. The number of hydrogen-bond acceptors (Lipinski definition) is 6. The van der Waals surface area contributed by atoms with E-state index in [1.54, 1.807) is 43.5 Å². The second-order valence-electron chi connectivity index (χ2n) is 5.84. The quantitative estimate of drug-likeness (QED) is 0.653. The van der Waals surface area contributed by atoms with Gasteiger partial charge in [-0.1, -0.05) is 6.92 Å². The van der Waals surface area contributed by atoms with Crippen molar-refractivity contribution in [2.75, 3.05) is 19.0 Å². The van der Waals surface area contributed by atoms with Gasteiger partial charge in [0.15, 0.2) is 6.61 Å². The van der Waals surface area contributed by atoms with Gasteiger partial charge in [-0.25, -0.2) is 0 Å². The van der Waals surface area contributed by atoms with E-state index in [1.807, 2.05) is 12.1 Å². The number of amides is 1. The lowest BCUT2D eigenvalue weighted by Gasteiger charge is -2.08. The van der Waals surface area contributed by atoms with Crippen molar-refractivity contribution in [2.24, 2.45) is 0 Å². The Kier molecular flexibility index (Phi) is 6.04. The summed E-state index contributed by atoms with van der Waals surface area (Å²) >= 11 is 0. The van der Waals surface area contributed by atoms with Crippen molar-refractivity contribution in [3.63, 3.8) is 0 Å². The zero-order chi connectivity index (χ0) is 19.1. The molecule has 1 amide bonds. The number of aromatic nitrogens is 2. The monoisotopic (exact) mass is 367 g/mol. The zero-order valence-electron chi connectivity index (χ0n) is 15.3. The highest BCUT2D eigenvalue weighted by Crippen LogP contribution is 2.22. The molecule has 27 heavy (non-hydrogen) atoms. The van der Waals surface area contributed by atoms with Crippen molar-refractivity contribution in [3.8, 4) is 23.0 Å². The summed E-state index contributed by atoms with van der Waals surface area (Å²) in [6, 6.07) is 14.3. The van der Waals surface area contributed by atoms with Crippen LogP contribution in [-0.4, -0.2) is 29.8 Å². The number of nitrogens with zero attached hydrogens (tertiary/aromatic N) is 2. The van der Waals surface area contributed by atoms with Gasteiger partial charge in [-0.3, -0.25) is 4.79 Å². The smallest absolute Gasteiger partial charge is 0.262 e. The first kappa shape index (κ1) is 18.4. The summed E-state index contributed by atoms with van der Waals surface area (Å²) in [7, 11) is 1.59. The SMILES string of the molecule is CCCc1nnc(-c2ccc(OCC(=O)Nc3ccc(OC)cc3)cc2)o1. The van der Waals surface area contributed by atoms with E-state index < -0.39 is 0 Å². The minimum absolute atomic E-state index is 0.0907. The van der Waals surface area contributed by atoms with Crippen LogP contribution in [0, 0.1) is 0 Å². The first-order chi connectivity index (χ1) is 13.2. The molecule has 0 unspecified atom stereocenters. The Morgan fingerprint density at radius 2 is 1.74 bits per heavy atom. The summed E-state index contributed by atoms with van der Waals surface area (Å²) in [5.74, 6) is 2.17. The molecule has 3 rings (SSSR count). The zero-order valence-corrected chi connectivity index (χ0v) is 15.3. The van der Waals surface area contributed by atoms with Gasteiger partial charge in [0.25, 0.3) is 5.91 Å². The van der Waals surface area contributed by atoms with Crippen LogP contribution in [0.3, 0.4) is 0 Å². The fourth-order valence-electron chi connectivity index (χ4n) is 2.40. The van der Waals surface area contributed by atoms with Crippen molar-refractivity contribution >= 4 is 11.6 Å². The van der Waals surface area contributed by atoms with Crippen LogP contribution in [0.1, 0.15) is 19.2 Å². The Hall–Kier alpha value is -3.35. The molecule has 0 atom stereocenters. The molecule has 0 radical (unpaired) electrons. The molecule has 1 N–H and O–H groups in total. The predicted molar refractivity (Wildman–Crippen MR) is 101 cm³/mol. The molecule has 7 heteroatoms. The molecule has 7 nitrogen and oxygen atoms in total. The van der Waals surface area contributed by atoms with Gasteiger partial charge in [0.2, 0.25) is 11.8 Å². The Labute approximate surface area is 157 Å². The van der Waals surface area contributed by atoms with Gasteiger partial charge in [0, 0.05) is 17.7 Å². The Morgan fingerprint density at radius 3 is 2.41 bits per heavy atom. The molecule has 0 saturated heterocycles. The first-order valence-electron chi connectivity index (χ1n) is 8.67. The lowest BCUT2D eigenvalue weighted by Crippen LogP contribution is -2.20. The number of carbonyl (C=O) groups is 1. The third-order valence-corrected chi connectivity index (χ3v) is 3.78. The van der Waals surface area contributed by atoms with Crippen molar-refractivity contribution in [1.29, 1.82) is 0 Å². The number of carbonyl (C=O) groups excluding carboxylic acids is 1. The summed E-state index contributed by atoms with van der Waals surface area (Å²) in [5, 5.41) is 10.8. The van der Waals surface area contributed by atoms with Gasteiger partial charge >= 0.3 is 0 Å². The maximum Gasteiger partial charge on any atom is 0.262 e. The Morgan fingerprint density at radius 1 is 1.04 bits per heavy atom. The maximum absolute atomic E-state index is 12.0. The van der Waals surface area contributed by atoms with Crippen LogP contribution in [0.4, 0.5) is 5.69 Å². The molecule has 0 bridgehead atoms. The van der Waals surface area contributed by atoms with Crippen LogP contribution in [0.5, 0.6) is 11.5 Å². The fourth-order valence-corrected chi connectivity index (χ4v) is 2.40. The lowest BCUT2D eigenvalue weighted by molar-refractivity contribution is -0.118. The number of rotatable bonds is 8. The van der Waals surface area contributed by atoms with Crippen molar-refractivity contribution < 1.29 is 18.7 Å². The van der Waals surface area contributed by atoms with E-state index in [9.17, 15) is 4.79 Å². The molecule has 0 fully saturated rings. The molecule has 0 saturated carbocycles. The average Bonchev–Trinajstić information content (AvgIpc) is 3.16. The lowest BCUT2D eigenvalue weighted by atomic mass is 10.2. The molecular formula is C20H21N3O4. The largest absolute Gasteiger partial charge is 0.497 e. The maximum atomic E-state index is 12.0. The van der Waals surface area contributed by atoms with Crippen LogP contribution in [0.15, 0.2) is 52.9 Å². The molecule has 1 aromatic heterocycles. The van der Waals surface area contributed by atoms with Crippen LogP contribution in [0.25, 0.3) is 11.5 Å². The van der Waals surface area contributed by atoms with Gasteiger partial charge in [-0.05, 0) is 55.0 Å². The van der Waals surface area contributed by atoms with E-state index in [4.69, 9.17) is 13.9 Å². The predicted octanol–water partition coefficient (Wildman–Crippen LogP) is 3.72. The summed E-state index contributed by atoms with van der Waals surface area (Å²) < 4.78 is 16.2. The average molecular weight is 367 g/mol. The number of benzene rings is 2. The van der Waals surface area contributed by atoms with Crippen LogP contribution < -0.4 is 14.8 Å². The summed E-state index contributed by atoms with van der Waals surface area (Å²) in [6.07, 6.45) is 1.71. The van der Waals surface area contributed by atoms with Gasteiger partial charge in [0.1, 0.15) is 11.5 Å². The molecule has 2 aromatic carbocycles. The minimum Gasteiger partial charge on any atom is -0.497 e. The molecular weight excluding hydrogens is 346 g/mol. The highest BCUT2D eigenvalue weighted by atomic mass is 16.5. The van der Waals surface area contributed by atoms with E-state index in [2.05, 4.69) is 22.4 Å².